The van der Waals surface area contributed by atoms with Gasteiger partial charge < -0.3 is 5.32 Å². The summed E-state index contributed by atoms with van der Waals surface area (Å²) in [4.78, 5) is 21.3. The van der Waals surface area contributed by atoms with Gasteiger partial charge in [-0.3, -0.25) is 9.89 Å². The third-order valence-corrected chi connectivity index (χ3v) is 3.99. The Morgan fingerprint density at radius 2 is 2.19 bits per heavy atom. The van der Waals surface area contributed by atoms with Gasteiger partial charge in [-0.15, -0.1) is 0 Å². The van der Waals surface area contributed by atoms with Crippen molar-refractivity contribution in [3.63, 3.8) is 0 Å². The van der Waals surface area contributed by atoms with Crippen LogP contribution in [-0.4, -0.2) is 32.7 Å². The first-order valence-corrected chi connectivity index (χ1v) is 7.63. The fraction of sp³-hybridized carbons (Fsp3) is 0.667. The highest BCUT2D eigenvalue weighted by Gasteiger charge is 2.20. The first-order chi connectivity index (χ1) is 9.93. The van der Waals surface area contributed by atoms with Crippen molar-refractivity contribution >= 4 is 5.78 Å². The topological polar surface area (TPSA) is 75.1 Å². The second kappa shape index (κ2) is 5.26. The summed E-state index contributed by atoms with van der Waals surface area (Å²) < 4.78 is 1.43. The molecule has 0 bridgehead atoms. The summed E-state index contributed by atoms with van der Waals surface area (Å²) >= 11 is 0. The Labute approximate surface area is 124 Å². The van der Waals surface area contributed by atoms with Crippen molar-refractivity contribution in [2.75, 3.05) is 13.1 Å². The van der Waals surface area contributed by atoms with E-state index in [2.05, 4.69) is 41.2 Å². The first-order valence-electron chi connectivity index (χ1n) is 7.63. The van der Waals surface area contributed by atoms with Crippen LogP contribution < -0.4 is 10.9 Å². The summed E-state index contributed by atoms with van der Waals surface area (Å²) in [5.41, 5.74) is 0.635. The lowest BCUT2D eigenvalue weighted by molar-refractivity contribution is 0.373. The molecular weight excluding hydrogens is 266 g/mol. The zero-order valence-electron chi connectivity index (χ0n) is 12.9. The molecule has 114 valence electrons. The highest BCUT2D eigenvalue weighted by molar-refractivity contribution is 5.29. The minimum atomic E-state index is -0.131. The van der Waals surface area contributed by atoms with E-state index in [-0.39, 0.29) is 11.0 Å². The van der Waals surface area contributed by atoms with Gasteiger partial charge in [0.25, 0.3) is 11.3 Å². The number of aromatic amines is 1. The van der Waals surface area contributed by atoms with Gasteiger partial charge >= 0.3 is 0 Å². The molecule has 3 heterocycles. The van der Waals surface area contributed by atoms with E-state index in [9.17, 15) is 4.79 Å². The fourth-order valence-electron chi connectivity index (χ4n) is 2.76. The number of nitrogens with zero attached hydrogens (tertiary/aromatic N) is 3. The fourth-order valence-corrected chi connectivity index (χ4v) is 2.76. The van der Waals surface area contributed by atoms with Gasteiger partial charge in [-0.1, -0.05) is 20.8 Å². The molecular formula is C15H23N5O. The highest BCUT2D eigenvalue weighted by atomic mass is 16.1. The molecule has 1 atom stereocenters. The minimum absolute atomic E-state index is 0.0817. The molecule has 6 heteroatoms. The monoisotopic (exact) mass is 289 g/mol. The Balaban J connectivity index is 1.92. The molecule has 1 aliphatic heterocycles. The van der Waals surface area contributed by atoms with Crippen LogP contribution in [0.4, 0.5) is 0 Å². The second-order valence-electron chi connectivity index (χ2n) is 6.96. The average molecular weight is 289 g/mol. The van der Waals surface area contributed by atoms with E-state index in [1.54, 1.807) is 6.07 Å². The highest BCUT2D eigenvalue weighted by Crippen LogP contribution is 2.18. The molecule has 1 unspecified atom stereocenters. The van der Waals surface area contributed by atoms with Crippen LogP contribution in [0.25, 0.3) is 5.78 Å². The Hall–Kier alpha value is -1.69. The average Bonchev–Trinajstić information content (AvgIpc) is 2.84. The Bertz CT molecular complexity index is 688. The summed E-state index contributed by atoms with van der Waals surface area (Å²) in [6.45, 7) is 8.29. The third-order valence-electron chi connectivity index (χ3n) is 3.99. The van der Waals surface area contributed by atoms with Crippen LogP contribution in [0.1, 0.15) is 45.1 Å². The van der Waals surface area contributed by atoms with Gasteiger partial charge in [0.1, 0.15) is 5.82 Å². The summed E-state index contributed by atoms with van der Waals surface area (Å²) in [7, 11) is 0. The smallest absolute Gasteiger partial charge is 0.274 e. The minimum Gasteiger partial charge on any atom is -0.316 e. The van der Waals surface area contributed by atoms with Gasteiger partial charge in [-0.25, -0.2) is 4.98 Å². The van der Waals surface area contributed by atoms with Crippen molar-refractivity contribution in [2.24, 2.45) is 5.92 Å². The Kier molecular flexibility index (Phi) is 3.57. The molecule has 6 nitrogen and oxygen atoms in total. The number of H-pyrrole nitrogens is 1. The van der Waals surface area contributed by atoms with Crippen LogP contribution >= 0.6 is 0 Å². The molecule has 0 aromatic carbocycles. The number of rotatable bonds is 2. The van der Waals surface area contributed by atoms with Crippen molar-refractivity contribution < 1.29 is 0 Å². The molecule has 0 aliphatic carbocycles. The SMILES string of the molecule is CC(C)(C)c1nc2nc(CC3CCCNC3)cc(=O)n2[nH]1. The zero-order valence-corrected chi connectivity index (χ0v) is 12.9. The lowest BCUT2D eigenvalue weighted by Gasteiger charge is -2.22. The maximum absolute atomic E-state index is 12.2. The van der Waals surface area contributed by atoms with Crippen LogP contribution in [0.15, 0.2) is 10.9 Å². The standard InChI is InChI=1S/C15H23N5O/c1-15(2,3)13-18-14-17-11(8-12(21)20(14)19-13)7-10-5-4-6-16-9-10/h8,10,16H,4-7,9H2,1-3H3,(H,17,18,19). The third kappa shape index (κ3) is 3.00. The molecule has 1 saturated heterocycles. The van der Waals surface area contributed by atoms with Crippen LogP contribution in [-0.2, 0) is 11.8 Å². The summed E-state index contributed by atoms with van der Waals surface area (Å²) in [6, 6.07) is 1.63. The van der Waals surface area contributed by atoms with E-state index in [0.717, 1.165) is 31.0 Å². The predicted octanol–water partition coefficient (Wildman–Crippen LogP) is 1.26. The molecule has 0 amide bonds. The van der Waals surface area contributed by atoms with Crippen LogP contribution in [0, 0.1) is 5.92 Å². The zero-order chi connectivity index (χ0) is 15.0. The maximum atomic E-state index is 12.2. The molecule has 0 spiro atoms. The molecule has 2 aromatic heterocycles. The second-order valence-corrected chi connectivity index (χ2v) is 6.96. The molecule has 0 radical (unpaired) electrons. The van der Waals surface area contributed by atoms with Gasteiger partial charge in [-0.2, -0.15) is 9.50 Å². The number of aromatic nitrogens is 4. The number of piperidine rings is 1. The van der Waals surface area contributed by atoms with Gasteiger partial charge in [0.05, 0.1) is 5.69 Å². The summed E-state index contributed by atoms with van der Waals surface area (Å²) in [6.07, 6.45) is 3.24. The maximum Gasteiger partial charge on any atom is 0.274 e. The van der Waals surface area contributed by atoms with Crippen LogP contribution in [0.3, 0.4) is 0 Å². The molecule has 2 aromatic rings. The van der Waals surface area contributed by atoms with Crippen molar-refractivity contribution in [3.05, 3.63) is 27.9 Å². The van der Waals surface area contributed by atoms with Crippen molar-refractivity contribution in [1.29, 1.82) is 0 Å². The van der Waals surface area contributed by atoms with E-state index < -0.39 is 0 Å². The van der Waals surface area contributed by atoms with Crippen molar-refractivity contribution in [2.45, 2.75) is 45.4 Å². The van der Waals surface area contributed by atoms with Gasteiger partial charge in [0, 0.05) is 11.5 Å². The van der Waals surface area contributed by atoms with E-state index in [1.165, 1.54) is 17.4 Å². The molecule has 3 rings (SSSR count). The molecule has 1 fully saturated rings. The Morgan fingerprint density at radius 1 is 1.38 bits per heavy atom. The predicted molar refractivity (Wildman–Crippen MR) is 81.6 cm³/mol. The summed E-state index contributed by atoms with van der Waals surface area (Å²) in [5, 5.41) is 6.45. The van der Waals surface area contributed by atoms with E-state index in [0.29, 0.717) is 11.7 Å². The lowest BCUT2D eigenvalue weighted by atomic mass is 9.95. The van der Waals surface area contributed by atoms with Crippen molar-refractivity contribution in [3.8, 4) is 0 Å². The van der Waals surface area contributed by atoms with Gasteiger partial charge in [0.2, 0.25) is 0 Å². The number of hydrogen-bond acceptors (Lipinski definition) is 4. The quantitative estimate of drug-likeness (QED) is 0.872. The van der Waals surface area contributed by atoms with E-state index in [1.807, 2.05) is 0 Å². The Morgan fingerprint density at radius 3 is 2.86 bits per heavy atom. The molecule has 21 heavy (non-hydrogen) atoms. The van der Waals surface area contributed by atoms with E-state index in [4.69, 9.17) is 0 Å². The number of hydrogen-bond donors (Lipinski definition) is 2. The van der Waals surface area contributed by atoms with Gasteiger partial charge in [0.15, 0.2) is 0 Å². The summed E-state index contributed by atoms with van der Waals surface area (Å²) in [5.74, 6) is 1.82. The molecule has 1 aliphatic rings. The molecule has 2 N–H and O–H groups in total. The van der Waals surface area contributed by atoms with Crippen LogP contribution in [0.2, 0.25) is 0 Å². The lowest BCUT2D eigenvalue weighted by Crippen LogP contribution is -2.31. The van der Waals surface area contributed by atoms with Crippen molar-refractivity contribution in [1.82, 2.24) is 24.9 Å². The number of nitrogens with one attached hydrogen (secondary N) is 2. The normalized spacial score (nSPS) is 20.0. The largest absolute Gasteiger partial charge is 0.316 e. The van der Waals surface area contributed by atoms with E-state index >= 15 is 0 Å². The molecule has 0 saturated carbocycles. The number of fused-ring (bicyclic) bond motifs is 1. The first kappa shape index (κ1) is 14.3. The van der Waals surface area contributed by atoms with Crippen LogP contribution in [0.5, 0.6) is 0 Å². The van der Waals surface area contributed by atoms with Gasteiger partial charge in [-0.05, 0) is 38.3 Å².